The number of amides is 4. The Labute approximate surface area is 265 Å². The minimum Gasteiger partial charge on any atom is -0.354 e. The number of ketones is 1. The van der Waals surface area contributed by atoms with E-state index in [0.717, 1.165) is 57.8 Å². The normalized spacial score (nSPS) is 17.3. The Bertz CT molecular complexity index is 1340. The Hall–Kier alpha value is -3.89. The van der Waals surface area contributed by atoms with Crippen LogP contribution in [0.4, 0.5) is 0 Å². The standard InChI is InChI=1S/C34H48N6O5/c1-22(2)37-30(41)18-17-27(31(42)34(45)36-20-24-13-7-4-8-14-24)39-32(43)28(19-23-11-5-3-6-12-23)40-33(44)29-21-35-25-15-9-10-16-26(25)38-29/h9-10,15-16,21-24,27-28H,3-8,11-14,17-20H2,1-2H3,(H,36,45)(H,37,41)(H,39,43)(H,40,44)/t27?,28-/m0/s1. The number of nitrogens with zero attached hydrogens (tertiary/aromatic N) is 2. The molecular weight excluding hydrogens is 572 g/mol. The second-order valence-electron chi connectivity index (χ2n) is 12.9. The van der Waals surface area contributed by atoms with Crippen LogP contribution in [0.5, 0.6) is 0 Å². The predicted octanol–water partition coefficient (Wildman–Crippen LogP) is 3.75. The summed E-state index contributed by atoms with van der Waals surface area (Å²) in [4.78, 5) is 74.8. The molecule has 1 aromatic carbocycles. The lowest BCUT2D eigenvalue weighted by Crippen LogP contribution is -2.54. The molecule has 0 bridgehead atoms. The summed E-state index contributed by atoms with van der Waals surface area (Å²) in [6.07, 6.45) is 12.2. The van der Waals surface area contributed by atoms with E-state index in [2.05, 4.69) is 31.2 Å². The van der Waals surface area contributed by atoms with Crippen molar-refractivity contribution in [3.05, 3.63) is 36.2 Å². The van der Waals surface area contributed by atoms with Gasteiger partial charge < -0.3 is 21.3 Å². The molecule has 11 heteroatoms. The number of rotatable bonds is 14. The molecule has 4 N–H and O–H groups in total. The number of hydrogen-bond acceptors (Lipinski definition) is 7. The summed E-state index contributed by atoms with van der Waals surface area (Å²) in [6.45, 7) is 4.07. The van der Waals surface area contributed by atoms with Gasteiger partial charge in [-0.3, -0.25) is 29.0 Å². The molecule has 4 amide bonds. The van der Waals surface area contributed by atoms with E-state index >= 15 is 0 Å². The highest BCUT2D eigenvalue weighted by Crippen LogP contribution is 2.28. The fourth-order valence-electron chi connectivity index (χ4n) is 6.37. The summed E-state index contributed by atoms with van der Waals surface area (Å²) >= 11 is 0. The number of nitrogens with one attached hydrogen (secondary N) is 4. The van der Waals surface area contributed by atoms with Crippen LogP contribution in [0.2, 0.25) is 0 Å². The molecule has 1 unspecified atom stereocenters. The molecule has 0 spiro atoms. The molecule has 244 valence electrons. The summed E-state index contributed by atoms with van der Waals surface area (Å²) in [5.74, 6) is -2.40. The molecule has 1 aromatic heterocycles. The molecule has 2 atom stereocenters. The lowest BCUT2D eigenvalue weighted by molar-refractivity contribution is -0.140. The van der Waals surface area contributed by atoms with E-state index in [0.29, 0.717) is 29.9 Å². The van der Waals surface area contributed by atoms with Crippen molar-refractivity contribution < 1.29 is 24.0 Å². The molecule has 11 nitrogen and oxygen atoms in total. The van der Waals surface area contributed by atoms with Crippen molar-refractivity contribution in [2.75, 3.05) is 6.54 Å². The molecule has 0 saturated heterocycles. The van der Waals surface area contributed by atoms with Crippen molar-refractivity contribution in [2.24, 2.45) is 11.8 Å². The molecule has 2 fully saturated rings. The lowest BCUT2D eigenvalue weighted by Gasteiger charge is -2.28. The quantitative estimate of drug-likeness (QED) is 0.234. The first-order chi connectivity index (χ1) is 21.7. The highest BCUT2D eigenvalue weighted by atomic mass is 16.2. The first-order valence-electron chi connectivity index (χ1n) is 16.6. The number of aromatic nitrogens is 2. The highest BCUT2D eigenvalue weighted by molar-refractivity contribution is 6.38. The van der Waals surface area contributed by atoms with Crippen molar-refractivity contribution in [3.8, 4) is 0 Å². The van der Waals surface area contributed by atoms with E-state index in [4.69, 9.17) is 0 Å². The van der Waals surface area contributed by atoms with E-state index in [-0.39, 0.29) is 36.4 Å². The third-order valence-corrected chi connectivity index (χ3v) is 8.84. The largest absolute Gasteiger partial charge is 0.354 e. The van der Waals surface area contributed by atoms with Crippen molar-refractivity contribution in [3.63, 3.8) is 0 Å². The number of Topliss-reactive ketones (excluding diaryl/α,β-unsaturated/α-hetero) is 1. The van der Waals surface area contributed by atoms with Gasteiger partial charge in [-0.1, -0.05) is 63.5 Å². The van der Waals surface area contributed by atoms with E-state index < -0.39 is 35.6 Å². The summed E-state index contributed by atoms with van der Waals surface area (Å²) in [5.41, 5.74) is 1.29. The molecule has 2 aliphatic rings. The van der Waals surface area contributed by atoms with Gasteiger partial charge in [0.1, 0.15) is 11.7 Å². The van der Waals surface area contributed by atoms with Gasteiger partial charge in [0.2, 0.25) is 17.6 Å². The van der Waals surface area contributed by atoms with Gasteiger partial charge >= 0.3 is 0 Å². The van der Waals surface area contributed by atoms with E-state index in [1.165, 1.54) is 12.6 Å². The number of fused-ring (bicyclic) bond motifs is 1. The van der Waals surface area contributed by atoms with Crippen LogP contribution >= 0.6 is 0 Å². The molecule has 1 heterocycles. The first-order valence-corrected chi connectivity index (χ1v) is 16.6. The van der Waals surface area contributed by atoms with Gasteiger partial charge in [0.05, 0.1) is 23.3 Å². The third-order valence-electron chi connectivity index (χ3n) is 8.84. The van der Waals surface area contributed by atoms with E-state index in [9.17, 15) is 24.0 Å². The number of hydrogen-bond donors (Lipinski definition) is 4. The second kappa shape index (κ2) is 17.0. The monoisotopic (exact) mass is 620 g/mol. The van der Waals surface area contributed by atoms with Crippen LogP contribution in [0.25, 0.3) is 11.0 Å². The maximum atomic E-state index is 13.8. The Kier molecular flexibility index (Phi) is 12.8. The molecule has 0 radical (unpaired) electrons. The van der Waals surface area contributed by atoms with Crippen LogP contribution in [0, 0.1) is 11.8 Å². The zero-order chi connectivity index (χ0) is 32.2. The molecule has 45 heavy (non-hydrogen) atoms. The number of carbonyl (C=O) groups is 5. The van der Waals surface area contributed by atoms with E-state index in [1.54, 1.807) is 12.1 Å². The van der Waals surface area contributed by atoms with Gasteiger partial charge in [-0.15, -0.1) is 0 Å². The molecule has 2 aromatic rings. The second-order valence-corrected chi connectivity index (χ2v) is 12.9. The van der Waals surface area contributed by atoms with Crippen LogP contribution in [-0.2, 0) is 19.2 Å². The fraction of sp³-hybridized carbons (Fsp3) is 0.618. The van der Waals surface area contributed by atoms with Crippen LogP contribution in [0.3, 0.4) is 0 Å². The number of carbonyl (C=O) groups excluding carboxylic acids is 5. The van der Waals surface area contributed by atoms with Gasteiger partial charge in [0.15, 0.2) is 0 Å². The van der Waals surface area contributed by atoms with Crippen LogP contribution in [0.15, 0.2) is 30.5 Å². The van der Waals surface area contributed by atoms with Gasteiger partial charge in [0.25, 0.3) is 11.8 Å². The summed E-state index contributed by atoms with van der Waals surface area (Å²) in [5, 5.41) is 11.1. The minimum absolute atomic E-state index is 0.0414. The molecule has 4 rings (SSSR count). The van der Waals surface area contributed by atoms with Crippen molar-refractivity contribution in [1.82, 2.24) is 31.2 Å². The smallest absolute Gasteiger partial charge is 0.289 e. The Morgan fingerprint density at radius 1 is 0.800 bits per heavy atom. The van der Waals surface area contributed by atoms with Gasteiger partial charge in [-0.2, -0.15) is 0 Å². The molecule has 0 aliphatic heterocycles. The Morgan fingerprint density at radius 2 is 1.44 bits per heavy atom. The third kappa shape index (κ3) is 10.6. The van der Waals surface area contributed by atoms with Gasteiger partial charge in [-0.25, -0.2) is 4.98 Å². The minimum atomic E-state index is -1.21. The molecule has 2 aliphatic carbocycles. The average Bonchev–Trinajstić information content (AvgIpc) is 3.05. The van der Waals surface area contributed by atoms with Crippen molar-refractivity contribution in [2.45, 2.75) is 115 Å². The topological polar surface area (TPSA) is 159 Å². The average molecular weight is 621 g/mol. The van der Waals surface area contributed by atoms with Crippen LogP contribution in [0.1, 0.15) is 108 Å². The first kappa shape index (κ1) is 34.0. The predicted molar refractivity (Wildman–Crippen MR) is 171 cm³/mol. The lowest BCUT2D eigenvalue weighted by atomic mass is 9.84. The Balaban J connectivity index is 1.48. The van der Waals surface area contributed by atoms with Gasteiger partial charge in [-0.05, 0) is 63.5 Å². The summed E-state index contributed by atoms with van der Waals surface area (Å²) < 4.78 is 0. The number of benzene rings is 1. The zero-order valence-electron chi connectivity index (χ0n) is 26.6. The summed E-state index contributed by atoms with van der Waals surface area (Å²) in [7, 11) is 0. The SMILES string of the molecule is CC(C)NC(=O)CCC(NC(=O)[C@H](CC1CCCCC1)NC(=O)c1cnc2ccccc2n1)C(=O)C(=O)NCC1CCCCC1. The van der Waals surface area contributed by atoms with Gasteiger partial charge in [0, 0.05) is 19.0 Å². The van der Waals surface area contributed by atoms with Crippen LogP contribution < -0.4 is 21.3 Å². The number of para-hydroxylation sites is 2. The van der Waals surface area contributed by atoms with E-state index in [1.807, 2.05) is 26.0 Å². The maximum absolute atomic E-state index is 13.8. The van der Waals surface area contributed by atoms with Crippen LogP contribution in [-0.4, -0.2) is 64.1 Å². The molecular formula is C34H48N6O5. The maximum Gasteiger partial charge on any atom is 0.289 e. The van der Waals surface area contributed by atoms with Crippen molar-refractivity contribution >= 4 is 40.4 Å². The fourth-order valence-corrected chi connectivity index (χ4v) is 6.37. The Morgan fingerprint density at radius 3 is 2.11 bits per heavy atom. The molecule has 2 saturated carbocycles. The highest BCUT2D eigenvalue weighted by Gasteiger charge is 2.33. The zero-order valence-corrected chi connectivity index (χ0v) is 26.6. The summed E-state index contributed by atoms with van der Waals surface area (Å²) in [6, 6.07) is 4.94. The van der Waals surface area contributed by atoms with Crippen molar-refractivity contribution in [1.29, 1.82) is 0 Å².